The maximum Gasteiger partial charge on any atom is 0.268 e. The first-order valence-corrected chi connectivity index (χ1v) is 12.3. The van der Waals surface area contributed by atoms with Crippen LogP contribution in [0.5, 0.6) is 0 Å². The van der Waals surface area contributed by atoms with Gasteiger partial charge in [0.1, 0.15) is 5.69 Å². The summed E-state index contributed by atoms with van der Waals surface area (Å²) < 4.78 is 0. The van der Waals surface area contributed by atoms with E-state index in [1.54, 1.807) is 17.3 Å². The highest BCUT2D eigenvalue weighted by Gasteiger charge is 2.26. The molecule has 0 radical (unpaired) electrons. The minimum atomic E-state index is -0.531. The second-order valence-corrected chi connectivity index (χ2v) is 9.81. The third-order valence-electron chi connectivity index (χ3n) is 7.81. The number of nitrogens with two attached hydrogens (primary N) is 1. The molecule has 2 fully saturated rings. The van der Waals surface area contributed by atoms with Gasteiger partial charge in [-0.15, -0.1) is 0 Å². The Hall–Kier alpha value is -2.31. The van der Waals surface area contributed by atoms with Crippen molar-refractivity contribution in [2.75, 3.05) is 26.2 Å². The van der Waals surface area contributed by atoms with Crippen LogP contribution in [0.15, 0.2) is 30.6 Å². The van der Waals surface area contributed by atoms with Crippen LogP contribution in [0.3, 0.4) is 0 Å². The van der Waals surface area contributed by atoms with Gasteiger partial charge >= 0.3 is 0 Å². The highest BCUT2D eigenvalue weighted by Crippen LogP contribution is 2.32. The van der Waals surface area contributed by atoms with E-state index < -0.39 is 5.91 Å². The minimum absolute atomic E-state index is 0.224. The van der Waals surface area contributed by atoms with Crippen LogP contribution in [0.4, 0.5) is 0 Å². The van der Waals surface area contributed by atoms with Gasteiger partial charge in [-0.3, -0.25) is 19.6 Å². The number of carbonyl (C=O) groups excluding carboxylic acids is 1. The number of nitrogens with zero attached hydrogens (tertiary/aromatic N) is 4. The molecular formula is C26H35N5O. The van der Waals surface area contributed by atoms with E-state index >= 15 is 0 Å². The zero-order valence-electron chi connectivity index (χ0n) is 19.0. The Kier molecular flexibility index (Phi) is 6.51. The first kappa shape index (κ1) is 21.5. The highest BCUT2D eigenvalue weighted by atomic mass is 16.1. The van der Waals surface area contributed by atoms with Crippen LogP contribution >= 0.6 is 0 Å². The molecule has 1 saturated heterocycles. The molecule has 2 aromatic rings. The second kappa shape index (κ2) is 9.67. The van der Waals surface area contributed by atoms with Gasteiger partial charge in [0.2, 0.25) is 0 Å². The molecule has 0 unspecified atom stereocenters. The molecule has 6 heteroatoms. The molecule has 2 aliphatic heterocycles. The first-order valence-electron chi connectivity index (χ1n) is 12.3. The molecule has 3 heterocycles. The molecule has 0 spiro atoms. The minimum Gasteiger partial charge on any atom is -0.364 e. The lowest BCUT2D eigenvalue weighted by molar-refractivity contribution is 0.0995. The first-order chi connectivity index (χ1) is 15.7. The number of fused-ring (bicyclic) bond motifs is 1. The maximum atomic E-state index is 11.2. The van der Waals surface area contributed by atoms with Crippen molar-refractivity contribution in [2.24, 2.45) is 5.73 Å². The van der Waals surface area contributed by atoms with Crippen LogP contribution in [0, 0.1) is 0 Å². The zero-order chi connectivity index (χ0) is 21.9. The summed E-state index contributed by atoms with van der Waals surface area (Å²) in [6.45, 7) is 5.38. The lowest BCUT2D eigenvalue weighted by Crippen LogP contribution is -2.35. The van der Waals surface area contributed by atoms with E-state index in [-0.39, 0.29) is 5.69 Å². The summed E-state index contributed by atoms with van der Waals surface area (Å²) in [6.07, 6.45) is 13.6. The number of amides is 1. The van der Waals surface area contributed by atoms with Gasteiger partial charge in [-0.2, -0.15) is 0 Å². The number of carbonyl (C=O) groups is 1. The summed E-state index contributed by atoms with van der Waals surface area (Å²) >= 11 is 0. The van der Waals surface area contributed by atoms with E-state index in [1.807, 2.05) is 0 Å². The quantitative estimate of drug-likeness (QED) is 0.783. The normalized spacial score (nSPS) is 21.4. The summed E-state index contributed by atoms with van der Waals surface area (Å²) in [4.78, 5) is 24.8. The van der Waals surface area contributed by atoms with Crippen LogP contribution < -0.4 is 5.73 Å². The van der Waals surface area contributed by atoms with E-state index in [4.69, 9.17) is 5.73 Å². The van der Waals surface area contributed by atoms with E-state index in [2.05, 4.69) is 38.0 Å². The number of aromatic nitrogens is 2. The Morgan fingerprint density at radius 2 is 1.69 bits per heavy atom. The molecule has 32 heavy (non-hydrogen) atoms. The summed E-state index contributed by atoms with van der Waals surface area (Å²) in [6, 6.07) is 8.19. The molecule has 6 nitrogen and oxygen atoms in total. The average Bonchev–Trinajstić information content (AvgIpc) is 3.27. The van der Waals surface area contributed by atoms with Crippen LogP contribution in [0.2, 0.25) is 0 Å². The molecule has 1 saturated carbocycles. The van der Waals surface area contributed by atoms with E-state index in [0.717, 1.165) is 31.4 Å². The van der Waals surface area contributed by atoms with E-state index in [1.165, 1.54) is 76.2 Å². The Morgan fingerprint density at radius 1 is 0.938 bits per heavy atom. The van der Waals surface area contributed by atoms with Crippen LogP contribution in [0.1, 0.15) is 77.3 Å². The molecule has 1 amide bonds. The van der Waals surface area contributed by atoms with Crippen LogP contribution in [0.25, 0.3) is 0 Å². The molecule has 5 rings (SSSR count). The fourth-order valence-electron chi connectivity index (χ4n) is 5.87. The van der Waals surface area contributed by atoms with Gasteiger partial charge in [0.05, 0.1) is 18.1 Å². The molecule has 1 aromatic carbocycles. The number of rotatable bonds is 5. The summed E-state index contributed by atoms with van der Waals surface area (Å²) in [5.41, 5.74) is 11.1. The largest absolute Gasteiger partial charge is 0.364 e. The fourth-order valence-corrected chi connectivity index (χ4v) is 5.87. The molecule has 1 aliphatic carbocycles. The van der Waals surface area contributed by atoms with Crippen molar-refractivity contribution in [2.45, 2.75) is 69.9 Å². The Labute approximate surface area is 191 Å². The smallest absolute Gasteiger partial charge is 0.268 e. The predicted octanol–water partition coefficient (Wildman–Crippen LogP) is 3.30. The summed E-state index contributed by atoms with van der Waals surface area (Å²) in [7, 11) is 0. The number of hydrogen-bond acceptors (Lipinski definition) is 5. The van der Waals surface area contributed by atoms with Crippen molar-refractivity contribution in [1.82, 2.24) is 19.8 Å². The fraction of sp³-hybridized carbons (Fsp3) is 0.577. The molecule has 1 aromatic heterocycles. The van der Waals surface area contributed by atoms with E-state index in [9.17, 15) is 4.79 Å². The lowest BCUT2D eigenvalue weighted by atomic mass is 9.87. The van der Waals surface area contributed by atoms with Crippen LogP contribution in [-0.2, 0) is 19.4 Å². The van der Waals surface area contributed by atoms with Crippen molar-refractivity contribution in [3.05, 3.63) is 58.7 Å². The topological polar surface area (TPSA) is 75.4 Å². The number of primary amides is 1. The predicted molar refractivity (Wildman–Crippen MR) is 125 cm³/mol. The highest BCUT2D eigenvalue weighted by molar-refractivity contribution is 5.90. The third kappa shape index (κ3) is 4.86. The SMILES string of the molecule is NC(=O)c1cnc(CN2CCC(c3ccc4c(c3)CCN(C3CCCC3)CC4)CC2)cn1. The van der Waals surface area contributed by atoms with Gasteiger partial charge in [-0.1, -0.05) is 31.0 Å². The second-order valence-electron chi connectivity index (χ2n) is 9.81. The monoisotopic (exact) mass is 433 g/mol. The van der Waals surface area contributed by atoms with Gasteiger partial charge in [0.25, 0.3) is 5.91 Å². The van der Waals surface area contributed by atoms with Gasteiger partial charge in [0, 0.05) is 25.7 Å². The Balaban J connectivity index is 1.16. The van der Waals surface area contributed by atoms with E-state index in [0.29, 0.717) is 5.92 Å². The van der Waals surface area contributed by atoms with Gasteiger partial charge in [-0.05, 0) is 74.2 Å². The zero-order valence-corrected chi connectivity index (χ0v) is 19.0. The lowest BCUT2D eigenvalue weighted by Gasteiger charge is -2.32. The number of hydrogen-bond donors (Lipinski definition) is 1. The van der Waals surface area contributed by atoms with Crippen LogP contribution in [-0.4, -0.2) is 57.9 Å². The summed E-state index contributed by atoms with van der Waals surface area (Å²) in [5.74, 6) is 0.117. The van der Waals surface area contributed by atoms with Crippen molar-refractivity contribution in [3.63, 3.8) is 0 Å². The third-order valence-corrected chi connectivity index (χ3v) is 7.81. The van der Waals surface area contributed by atoms with Crippen molar-refractivity contribution >= 4 is 5.91 Å². The molecular weight excluding hydrogens is 398 g/mol. The Bertz CT molecular complexity index is 930. The summed E-state index contributed by atoms with van der Waals surface area (Å²) in [5, 5.41) is 0. The van der Waals surface area contributed by atoms with Crippen molar-refractivity contribution in [3.8, 4) is 0 Å². The van der Waals surface area contributed by atoms with Gasteiger partial charge in [-0.25, -0.2) is 4.98 Å². The molecule has 3 aliphatic rings. The van der Waals surface area contributed by atoms with Crippen molar-refractivity contribution < 1.29 is 4.79 Å². The number of benzene rings is 1. The maximum absolute atomic E-state index is 11.2. The number of likely N-dealkylation sites (tertiary alicyclic amines) is 1. The molecule has 0 bridgehead atoms. The molecule has 0 atom stereocenters. The average molecular weight is 434 g/mol. The standard InChI is InChI=1S/C26H35N5O/c27-26(32)25-17-28-23(16-29-25)18-30-11-7-20(8-12-30)21-6-5-19-9-13-31(14-10-22(19)15-21)24-3-1-2-4-24/h5-6,15-17,20,24H,1-4,7-14,18H2,(H2,27,32). The van der Waals surface area contributed by atoms with Gasteiger partial charge in [0.15, 0.2) is 0 Å². The Morgan fingerprint density at radius 3 is 2.38 bits per heavy atom. The van der Waals surface area contributed by atoms with Crippen molar-refractivity contribution in [1.29, 1.82) is 0 Å². The molecule has 2 N–H and O–H groups in total. The van der Waals surface area contributed by atoms with Gasteiger partial charge < -0.3 is 5.73 Å². The molecule has 170 valence electrons. The number of piperidine rings is 1.